The number of hydrogen-bond donors (Lipinski definition) is 1. The van der Waals surface area contributed by atoms with Crippen LogP contribution in [0.4, 0.5) is 0 Å². The van der Waals surface area contributed by atoms with Crippen LogP contribution in [0.25, 0.3) is 0 Å². The molecule has 20 heavy (non-hydrogen) atoms. The summed E-state index contributed by atoms with van der Waals surface area (Å²) < 4.78 is 0. The average molecular weight is 281 g/mol. The SMILES string of the molecule is CCNC1CCC(C)CC1CN1CCC(N(C)C)CC1. The Morgan fingerprint density at radius 3 is 2.40 bits per heavy atom. The summed E-state index contributed by atoms with van der Waals surface area (Å²) in [4.78, 5) is 5.13. The number of rotatable bonds is 5. The Morgan fingerprint density at radius 1 is 1.10 bits per heavy atom. The normalized spacial score (nSPS) is 33.8. The smallest absolute Gasteiger partial charge is 0.0113 e. The Balaban J connectivity index is 1.81. The third-order valence-electron chi connectivity index (χ3n) is 5.49. The van der Waals surface area contributed by atoms with Gasteiger partial charge in [0.2, 0.25) is 0 Å². The molecule has 3 nitrogen and oxygen atoms in total. The summed E-state index contributed by atoms with van der Waals surface area (Å²) in [5.41, 5.74) is 0. The molecule has 3 unspecified atom stereocenters. The Morgan fingerprint density at radius 2 is 1.80 bits per heavy atom. The Labute approximate surface area is 126 Å². The van der Waals surface area contributed by atoms with Crippen molar-refractivity contribution in [2.45, 2.75) is 58.0 Å². The van der Waals surface area contributed by atoms with Gasteiger partial charge in [-0.2, -0.15) is 0 Å². The van der Waals surface area contributed by atoms with Crippen LogP contribution in [0.1, 0.15) is 46.0 Å². The van der Waals surface area contributed by atoms with E-state index in [1.807, 2.05) is 0 Å². The second-order valence-corrected chi connectivity index (χ2v) is 7.34. The molecule has 1 heterocycles. The van der Waals surface area contributed by atoms with Crippen LogP contribution < -0.4 is 5.32 Å². The molecule has 118 valence electrons. The van der Waals surface area contributed by atoms with E-state index in [0.717, 1.165) is 30.5 Å². The molecule has 0 aromatic rings. The van der Waals surface area contributed by atoms with Gasteiger partial charge in [0.25, 0.3) is 0 Å². The zero-order chi connectivity index (χ0) is 14.5. The predicted octanol–water partition coefficient (Wildman–Crippen LogP) is 2.43. The maximum absolute atomic E-state index is 3.74. The highest BCUT2D eigenvalue weighted by molar-refractivity contribution is 4.87. The summed E-state index contributed by atoms with van der Waals surface area (Å²) in [7, 11) is 4.45. The minimum atomic E-state index is 0.766. The molecule has 0 aromatic heterocycles. The lowest BCUT2D eigenvalue weighted by atomic mass is 9.78. The van der Waals surface area contributed by atoms with Crippen molar-refractivity contribution in [3.05, 3.63) is 0 Å². The predicted molar refractivity (Wildman–Crippen MR) is 87.1 cm³/mol. The Hall–Kier alpha value is -0.120. The van der Waals surface area contributed by atoms with Crippen LogP contribution in [-0.4, -0.2) is 62.2 Å². The third-order valence-corrected chi connectivity index (χ3v) is 5.49. The summed E-state index contributed by atoms with van der Waals surface area (Å²) in [6.07, 6.45) is 6.91. The van der Waals surface area contributed by atoms with Crippen molar-refractivity contribution in [1.29, 1.82) is 0 Å². The monoisotopic (exact) mass is 281 g/mol. The highest BCUT2D eigenvalue weighted by Crippen LogP contribution is 2.30. The molecule has 0 amide bonds. The first-order valence-electron chi connectivity index (χ1n) is 8.72. The van der Waals surface area contributed by atoms with Gasteiger partial charge in [-0.05, 0) is 77.7 Å². The zero-order valence-electron chi connectivity index (χ0n) is 14.1. The van der Waals surface area contributed by atoms with Crippen molar-refractivity contribution >= 4 is 0 Å². The lowest BCUT2D eigenvalue weighted by Crippen LogP contribution is -2.48. The van der Waals surface area contributed by atoms with Crippen molar-refractivity contribution in [2.24, 2.45) is 11.8 Å². The molecule has 0 bridgehead atoms. The first-order chi connectivity index (χ1) is 9.60. The van der Waals surface area contributed by atoms with Crippen LogP contribution in [0.2, 0.25) is 0 Å². The van der Waals surface area contributed by atoms with Crippen LogP contribution in [0.5, 0.6) is 0 Å². The van der Waals surface area contributed by atoms with Crippen LogP contribution in [0.3, 0.4) is 0 Å². The molecule has 3 atom stereocenters. The number of hydrogen-bond acceptors (Lipinski definition) is 3. The molecule has 1 aliphatic heterocycles. The molecular weight excluding hydrogens is 246 g/mol. The van der Waals surface area contributed by atoms with E-state index in [4.69, 9.17) is 0 Å². The highest BCUT2D eigenvalue weighted by atomic mass is 15.2. The number of likely N-dealkylation sites (tertiary alicyclic amines) is 1. The van der Waals surface area contributed by atoms with Crippen LogP contribution in [0, 0.1) is 11.8 Å². The lowest BCUT2D eigenvalue weighted by molar-refractivity contribution is 0.100. The number of nitrogens with one attached hydrogen (secondary N) is 1. The summed E-state index contributed by atoms with van der Waals surface area (Å²) in [5, 5.41) is 3.74. The fourth-order valence-corrected chi connectivity index (χ4v) is 4.18. The molecule has 0 aromatic carbocycles. The van der Waals surface area contributed by atoms with E-state index in [1.54, 1.807) is 0 Å². The molecule has 1 saturated carbocycles. The third kappa shape index (κ3) is 4.44. The van der Waals surface area contributed by atoms with Gasteiger partial charge in [0.15, 0.2) is 0 Å². The summed E-state index contributed by atoms with van der Waals surface area (Å²) in [5.74, 6) is 1.80. The molecular formula is C17H35N3. The maximum Gasteiger partial charge on any atom is 0.0113 e. The second-order valence-electron chi connectivity index (χ2n) is 7.34. The largest absolute Gasteiger partial charge is 0.314 e. The Bertz CT molecular complexity index is 271. The molecule has 1 saturated heterocycles. The second kappa shape index (κ2) is 7.77. The van der Waals surface area contributed by atoms with Crippen molar-refractivity contribution in [2.75, 3.05) is 40.3 Å². The average Bonchev–Trinajstić information content (AvgIpc) is 2.42. The molecule has 0 radical (unpaired) electrons. The molecule has 3 heteroatoms. The fourth-order valence-electron chi connectivity index (χ4n) is 4.18. The lowest BCUT2D eigenvalue weighted by Gasteiger charge is -2.41. The molecule has 1 aliphatic carbocycles. The highest BCUT2D eigenvalue weighted by Gasteiger charge is 2.30. The number of nitrogens with zero attached hydrogens (tertiary/aromatic N) is 2. The van der Waals surface area contributed by atoms with Crippen LogP contribution >= 0.6 is 0 Å². The van der Waals surface area contributed by atoms with E-state index >= 15 is 0 Å². The van der Waals surface area contributed by atoms with E-state index in [2.05, 4.69) is 43.1 Å². The van der Waals surface area contributed by atoms with Gasteiger partial charge >= 0.3 is 0 Å². The van der Waals surface area contributed by atoms with Gasteiger partial charge < -0.3 is 15.1 Å². The van der Waals surface area contributed by atoms with E-state index in [9.17, 15) is 0 Å². The summed E-state index contributed by atoms with van der Waals surface area (Å²) >= 11 is 0. The molecule has 2 aliphatic rings. The molecule has 2 fully saturated rings. The van der Waals surface area contributed by atoms with Gasteiger partial charge in [0.1, 0.15) is 0 Å². The fraction of sp³-hybridized carbons (Fsp3) is 1.00. The van der Waals surface area contributed by atoms with Crippen molar-refractivity contribution in [3.63, 3.8) is 0 Å². The first-order valence-corrected chi connectivity index (χ1v) is 8.72. The standard InChI is InChI=1S/C17H35N3/c1-5-18-17-7-6-14(2)12-15(17)13-20-10-8-16(9-11-20)19(3)4/h14-18H,5-13H2,1-4H3. The van der Waals surface area contributed by atoms with Gasteiger partial charge in [-0.25, -0.2) is 0 Å². The van der Waals surface area contributed by atoms with E-state index in [1.165, 1.54) is 51.7 Å². The van der Waals surface area contributed by atoms with E-state index in [0.29, 0.717) is 0 Å². The summed E-state index contributed by atoms with van der Waals surface area (Å²) in [6.45, 7) is 9.73. The van der Waals surface area contributed by atoms with Gasteiger partial charge in [-0.3, -0.25) is 0 Å². The van der Waals surface area contributed by atoms with Gasteiger partial charge in [-0.15, -0.1) is 0 Å². The first kappa shape index (κ1) is 16.3. The minimum Gasteiger partial charge on any atom is -0.314 e. The molecule has 2 rings (SSSR count). The van der Waals surface area contributed by atoms with Crippen molar-refractivity contribution < 1.29 is 0 Å². The van der Waals surface area contributed by atoms with E-state index in [-0.39, 0.29) is 0 Å². The summed E-state index contributed by atoms with van der Waals surface area (Å²) in [6, 6.07) is 1.57. The number of piperidine rings is 1. The maximum atomic E-state index is 3.74. The molecule has 1 N–H and O–H groups in total. The van der Waals surface area contributed by atoms with Crippen LogP contribution in [0.15, 0.2) is 0 Å². The van der Waals surface area contributed by atoms with Crippen molar-refractivity contribution in [3.8, 4) is 0 Å². The minimum absolute atomic E-state index is 0.766. The zero-order valence-corrected chi connectivity index (χ0v) is 14.1. The Kier molecular flexibility index (Phi) is 6.31. The van der Waals surface area contributed by atoms with Gasteiger partial charge in [0.05, 0.1) is 0 Å². The van der Waals surface area contributed by atoms with Gasteiger partial charge in [0, 0.05) is 18.6 Å². The topological polar surface area (TPSA) is 18.5 Å². The van der Waals surface area contributed by atoms with Crippen LogP contribution in [-0.2, 0) is 0 Å². The van der Waals surface area contributed by atoms with Crippen molar-refractivity contribution in [1.82, 2.24) is 15.1 Å². The van der Waals surface area contributed by atoms with Gasteiger partial charge in [-0.1, -0.05) is 13.8 Å². The quantitative estimate of drug-likeness (QED) is 0.835. The molecule has 0 spiro atoms. The van der Waals surface area contributed by atoms with E-state index < -0.39 is 0 Å².